The summed E-state index contributed by atoms with van der Waals surface area (Å²) in [5, 5.41) is 25.2. The molecular weight excluding hydrogens is 424 g/mol. The van der Waals surface area contributed by atoms with Gasteiger partial charge in [-0.15, -0.1) is 0 Å². The largest absolute Gasteiger partial charge is 0.481 e. The third kappa shape index (κ3) is 13.5. The van der Waals surface area contributed by atoms with E-state index in [0.29, 0.717) is 45.2 Å². The molecule has 3 atom stereocenters. The topological polar surface area (TPSA) is 240 Å². The van der Waals surface area contributed by atoms with E-state index < -0.39 is 60.8 Å². The number of aliphatic carboxylic acids is 2. The number of amides is 3. The number of hydrogen-bond donors (Lipinski definition) is 8. The fourth-order valence-corrected chi connectivity index (χ4v) is 2.74. The van der Waals surface area contributed by atoms with Crippen LogP contribution in [0.3, 0.4) is 0 Å². The lowest BCUT2D eigenvalue weighted by Gasteiger charge is -2.21. The highest BCUT2D eigenvalue weighted by Crippen LogP contribution is 2.04. The number of carboxylic acids is 2. The van der Waals surface area contributed by atoms with Crippen LogP contribution in [-0.4, -0.2) is 77.6 Å². The van der Waals surface area contributed by atoms with Crippen LogP contribution in [0.25, 0.3) is 0 Å². The van der Waals surface area contributed by atoms with E-state index in [0.717, 1.165) is 0 Å². The van der Waals surface area contributed by atoms with Crippen LogP contribution in [0.4, 0.5) is 0 Å². The van der Waals surface area contributed by atoms with Gasteiger partial charge in [-0.25, -0.2) is 4.79 Å². The smallest absolute Gasteiger partial charge is 0.326 e. The van der Waals surface area contributed by atoms with Crippen molar-refractivity contribution in [3.05, 3.63) is 0 Å². The number of carboxylic acid groups (broad SMARTS) is 2. The molecule has 0 radical (unpaired) electrons. The molecule has 0 saturated carbocycles. The molecule has 0 aliphatic carbocycles. The van der Waals surface area contributed by atoms with Crippen LogP contribution in [0.5, 0.6) is 0 Å². The highest BCUT2D eigenvalue weighted by Gasteiger charge is 2.27. The average molecular weight is 461 g/mol. The van der Waals surface area contributed by atoms with Gasteiger partial charge in [-0.3, -0.25) is 19.2 Å². The summed E-state index contributed by atoms with van der Waals surface area (Å²) >= 11 is 0. The van der Waals surface area contributed by atoms with Gasteiger partial charge < -0.3 is 43.4 Å². The van der Waals surface area contributed by atoms with Gasteiger partial charge in [0, 0.05) is 6.42 Å². The summed E-state index contributed by atoms with van der Waals surface area (Å²) in [6, 6.07) is -3.31. The number of unbranched alkanes of at least 4 members (excludes halogenated alkanes) is 2. The number of carbonyl (C=O) groups excluding carboxylic acids is 3. The minimum Gasteiger partial charge on any atom is -0.481 e. The van der Waals surface area contributed by atoms with Gasteiger partial charge in [-0.05, 0) is 51.6 Å². The van der Waals surface area contributed by atoms with Gasteiger partial charge in [-0.2, -0.15) is 0 Å². The Kier molecular flexibility index (Phi) is 15.4. The second-order valence-corrected chi connectivity index (χ2v) is 7.35. The SMILES string of the molecule is NCCCCC(N)C(=O)NCC(=O)NC(CCC(=O)O)C(=O)NC(CCCCN)C(=O)O. The number of hydrogen-bond acceptors (Lipinski definition) is 8. The molecule has 184 valence electrons. The molecular formula is C19H36N6O7. The van der Waals surface area contributed by atoms with Crippen molar-refractivity contribution >= 4 is 29.7 Å². The first-order valence-corrected chi connectivity index (χ1v) is 10.6. The van der Waals surface area contributed by atoms with Crippen LogP contribution < -0.4 is 33.2 Å². The van der Waals surface area contributed by atoms with E-state index in [1.54, 1.807) is 0 Å². The predicted molar refractivity (Wildman–Crippen MR) is 115 cm³/mol. The maximum Gasteiger partial charge on any atom is 0.326 e. The van der Waals surface area contributed by atoms with E-state index >= 15 is 0 Å². The third-order valence-electron chi connectivity index (χ3n) is 4.59. The summed E-state index contributed by atoms with van der Waals surface area (Å²) in [7, 11) is 0. The van der Waals surface area contributed by atoms with E-state index in [-0.39, 0.29) is 12.8 Å². The van der Waals surface area contributed by atoms with Crippen LogP contribution in [-0.2, 0) is 24.0 Å². The zero-order chi connectivity index (χ0) is 24.5. The van der Waals surface area contributed by atoms with E-state index in [9.17, 15) is 29.1 Å². The maximum absolute atomic E-state index is 12.5. The summed E-state index contributed by atoms with van der Waals surface area (Å²) < 4.78 is 0. The highest BCUT2D eigenvalue weighted by molar-refractivity contribution is 5.92. The Morgan fingerprint density at radius 1 is 0.750 bits per heavy atom. The first kappa shape index (κ1) is 29.2. The monoisotopic (exact) mass is 460 g/mol. The molecule has 3 amide bonds. The fraction of sp³-hybridized carbons (Fsp3) is 0.737. The quantitative estimate of drug-likeness (QED) is 0.101. The van der Waals surface area contributed by atoms with Gasteiger partial charge in [-0.1, -0.05) is 6.42 Å². The molecule has 0 aliphatic rings. The minimum atomic E-state index is -1.29. The lowest BCUT2D eigenvalue weighted by atomic mass is 10.1. The number of nitrogens with one attached hydrogen (secondary N) is 3. The van der Waals surface area contributed by atoms with Gasteiger partial charge in [0.1, 0.15) is 12.1 Å². The summed E-state index contributed by atoms with van der Waals surface area (Å²) in [4.78, 5) is 58.9. The molecule has 0 aliphatic heterocycles. The van der Waals surface area contributed by atoms with E-state index in [1.807, 2.05) is 0 Å². The zero-order valence-electron chi connectivity index (χ0n) is 18.2. The lowest BCUT2D eigenvalue weighted by molar-refractivity contribution is -0.143. The highest BCUT2D eigenvalue weighted by atomic mass is 16.4. The Morgan fingerprint density at radius 3 is 1.88 bits per heavy atom. The van der Waals surface area contributed by atoms with Crippen molar-refractivity contribution in [2.75, 3.05) is 19.6 Å². The molecule has 13 nitrogen and oxygen atoms in total. The van der Waals surface area contributed by atoms with Gasteiger partial charge >= 0.3 is 11.9 Å². The van der Waals surface area contributed by atoms with Gasteiger partial charge in [0.25, 0.3) is 0 Å². The number of rotatable bonds is 18. The molecule has 3 unspecified atom stereocenters. The Labute approximate surface area is 186 Å². The molecule has 0 aromatic rings. The van der Waals surface area contributed by atoms with E-state index in [2.05, 4.69) is 16.0 Å². The Bertz CT molecular complexity index is 631. The summed E-state index contributed by atoms with van der Waals surface area (Å²) in [6.45, 7) is 0.380. The van der Waals surface area contributed by atoms with Crippen LogP contribution in [0.2, 0.25) is 0 Å². The Hall–Kier alpha value is -2.77. The van der Waals surface area contributed by atoms with Crippen LogP contribution in [0, 0.1) is 0 Å². The predicted octanol–water partition coefficient (Wildman–Crippen LogP) is -2.39. The summed E-state index contributed by atoms with van der Waals surface area (Å²) in [5.41, 5.74) is 16.5. The first-order valence-electron chi connectivity index (χ1n) is 10.6. The number of nitrogens with two attached hydrogens (primary N) is 3. The molecule has 0 bridgehead atoms. The van der Waals surface area contributed by atoms with Crippen molar-refractivity contribution < 1.29 is 34.2 Å². The normalized spacial score (nSPS) is 13.5. The molecule has 0 spiro atoms. The van der Waals surface area contributed by atoms with E-state index in [1.165, 1.54) is 0 Å². The number of carbonyl (C=O) groups is 5. The fourth-order valence-electron chi connectivity index (χ4n) is 2.74. The van der Waals surface area contributed by atoms with Crippen molar-refractivity contribution in [1.29, 1.82) is 0 Å². The minimum absolute atomic E-state index is 0.135. The molecule has 11 N–H and O–H groups in total. The van der Waals surface area contributed by atoms with Crippen LogP contribution in [0.1, 0.15) is 51.4 Å². The van der Waals surface area contributed by atoms with Crippen molar-refractivity contribution in [3.63, 3.8) is 0 Å². The van der Waals surface area contributed by atoms with E-state index in [4.69, 9.17) is 22.3 Å². The molecule has 32 heavy (non-hydrogen) atoms. The van der Waals surface area contributed by atoms with Crippen molar-refractivity contribution in [2.24, 2.45) is 17.2 Å². The zero-order valence-corrected chi connectivity index (χ0v) is 18.2. The molecule has 0 aromatic heterocycles. The van der Waals surface area contributed by atoms with Crippen LogP contribution in [0.15, 0.2) is 0 Å². The molecule has 0 heterocycles. The summed E-state index contributed by atoms with van der Waals surface area (Å²) in [6.07, 6.45) is 2.27. The molecule has 0 aromatic carbocycles. The summed E-state index contributed by atoms with van der Waals surface area (Å²) in [5.74, 6) is -4.56. The lowest BCUT2D eigenvalue weighted by Crippen LogP contribution is -2.53. The van der Waals surface area contributed by atoms with Gasteiger partial charge in [0.2, 0.25) is 17.7 Å². The first-order chi connectivity index (χ1) is 15.1. The molecule has 0 saturated heterocycles. The maximum atomic E-state index is 12.5. The molecule has 13 heteroatoms. The molecule has 0 fully saturated rings. The van der Waals surface area contributed by atoms with Crippen molar-refractivity contribution in [1.82, 2.24) is 16.0 Å². The second kappa shape index (κ2) is 16.9. The van der Waals surface area contributed by atoms with Gasteiger partial charge in [0.05, 0.1) is 12.6 Å². The van der Waals surface area contributed by atoms with Crippen molar-refractivity contribution in [3.8, 4) is 0 Å². The van der Waals surface area contributed by atoms with Crippen molar-refractivity contribution in [2.45, 2.75) is 69.5 Å². The Morgan fingerprint density at radius 2 is 1.34 bits per heavy atom. The van der Waals surface area contributed by atoms with Crippen LogP contribution >= 0.6 is 0 Å². The van der Waals surface area contributed by atoms with Gasteiger partial charge in [0.15, 0.2) is 0 Å². The Balaban J connectivity index is 4.86. The second-order valence-electron chi connectivity index (χ2n) is 7.35. The average Bonchev–Trinajstić information content (AvgIpc) is 2.73. The standard InChI is InChI=1S/C19H36N6O7/c20-9-3-1-5-12(22)17(29)23-11-15(26)24-13(7-8-16(27)28)18(30)25-14(19(31)32)6-2-4-10-21/h12-14H,1-11,20-22H2,(H,23,29)(H,24,26)(H,25,30)(H,27,28)(H,31,32). The molecule has 0 rings (SSSR count). The third-order valence-corrected chi connectivity index (χ3v) is 4.59.